The molecule has 0 bridgehead atoms. The molecule has 1 N–H and O–H groups in total. The lowest BCUT2D eigenvalue weighted by Gasteiger charge is -2.14. The Balaban J connectivity index is 2.57. The monoisotopic (exact) mass is 252 g/mol. The van der Waals surface area contributed by atoms with Crippen molar-refractivity contribution < 1.29 is 9.47 Å². The Morgan fingerprint density at radius 1 is 1.22 bits per heavy atom. The zero-order valence-electron chi connectivity index (χ0n) is 11.8. The second-order valence-corrected chi connectivity index (χ2v) is 4.40. The van der Waals surface area contributed by atoms with E-state index in [9.17, 15) is 0 Å². The number of anilines is 1. The van der Waals surface area contributed by atoms with E-state index in [0.29, 0.717) is 6.61 Å². The largest absolute Gasteiger partial charge is 0.493 e. The second-order valence-electron chi connectivity index (χ2n) is 4.40. The Kier molecular flexibility index (Phi) is 6.36. The first-order valence-corrected chi connectivity index (χ1v) is 6.36. The molecule has 0 aliphatic heterocycles. The molecule has 1 rings (SSSR count). The SMILES string of the molecule is CCNc1ccc(OC)c(OCCCN(C)C)c1. The molecule has 0 aromatic heterocycles. The fraction of sp³-hybridized carbons (Fsp3) is 0.571. The van der Waals surface area contributed by atoms with Crippen LogP contribution in [0, 0.1) is 0 Å². The highest BCUT2D eigenvalue weighted by molar-refractivity contribution is 5.54. The Bertz CT molecular complexity index is 354. The molecule has 0 fully saturated rings. The highest BCUT2D eigenvalue weighted by Crippen LogP contribution is 2.30. The first kappa shape index (κ1) is 14.6. The van der Waals surface area contributed by atoms with Crippen LogP contribution in [-0.2, 0) is 0 Å². The van der Waals surface area contributed by atoms with Gasteiger partial charge in [-0.05, 0) is 39.6 Å². The number of nitrogens with zero attached hydrogens (tertiary/aromatic N) is 1. The van der Waals surface area contributed by atoms with Gasteiger partial charge in [0.2, 0.25) is 0 Å². The van der Waals surface area contributed by atoms with Crippen LogP contribution in [0.1, 0.15) is 13.3 Å². The van der Waals surface area contributed by atoms with Crippen molar-refractivity contribution in [3.63, 3.8) is 0 Å². The van der Waals surface area contributed by atoms with Crippen molar-refractivity contribution >= 4 is 5.69 Å². The standard InChI is InChI=1S/C14H24N2O2/c1-5-15-12-7-8-13(17-4)14(11-12)18-10-6-9-16(2)3/h7-8,11,15H,5-6,9-10H2,1-4H3. The van der Waals surface area contributed by atoms with Gasteiger partial charge in [0, 0.05) is 24.8 Å². The van der Waals surface area contributed by atoms with E-state index in [1.165, 1.54) is 0 Å². The number of benzene rings is 1. The van der Waals surface area contributed by atoms with Crippen LogP contribution in [0.25, 0.3) is 0 Å². The molecule has 0 unspecified atom stereocenters. The summed E-state index contributed by atoms with van der Waals surface area (Å²) in [4.78, 5) is 2.15. The molecular weight excluding hydrogens is 228 g/mol. The Morgan fingerprint density at radius 3 is 2.61 bits per heavy atom. The summed E-state index contributed by atoms with van der Waals surface area (Å²) in [7, 11) is 5.79. The van der Waals surface area contributed by atoms with E-state index in [1.54, 1.807) is 7.11 Å². The van der Waals surface area contributed by atoms with Crippen molar-refractivity contribution in [2.45, 2.75) is 13.3 Å². The molecule has 102 valence electrons. The average molecular weight is 252 g/mol. The third-order valence-electron chi connectivity index (χ3n) is 2.55. The third kappa shape index (κ3) is 4.84. The van der Waals surface area contributed by atoms with Crippen molar-refractivity contribution in [2.75, 3.05) is 46.2 Å². The summed E-state index contributed by atoms with van der Waals surface area (Å²) >= 11 is 0. The summed E-state index contributed by atoms with van der Waals surface area (Å²) in [6, 6.07) is 5.91. The molecule has 0 saturated heterocycles. The van der Waals surface area contributed by atoms with Crippen molar-refractivity contribution in [1.82, 2.24) is 4.90 Å². The Hall–Kier alpha value is -1.42. The molecule has 0 aliphatic rings. The van der Waals surface area contributed by atoms with Crippen molar-refractivity contribution in [3.8, 4) is 11.5 Å². The normalized spacial score (nSPS) is 10.5. The predicted molar refractivity (Wildman–Crippen MR) is 75.8 cm³/mol. The summed E-state index contributed by atoms with van der Waals surface area (Å²) in [5, 5.41) is 3.26. The van der Waals surface area contributed by atoms with Gasteiger partial charge in [-0.25, -0.2) is 0 Å². The van der Waals surface area contributed by atoms with Gasteiger partial charge in [-0.3, -0.25) is 0 Å². The fourth-order valence-electron chi connectivity index (χ4n) is 1.67. The number of ether oxygens (including phenoxy) is 2. The molecule has 4 heteroatoms. The lowest BCUT2D eigenvalue weighted by atomic mass is 10.2. The summed E-state index contributed by atoms with van der Waals surface area (Å²) in [5.74, 6) is 1.58. The van der Waals surface area contributed by atoms with Crippen molar-refractivity contribution in [3.05, 3.63) is 18.2 Å². The highest BCUT2D eigenvalue weighted by atomic mass is 16.5. The van der Waals surface area contributed by atoms with E-state index in [4.69, 9.17) is 9.47 Å². The molecule has 1 aromatic rings. The molecule has 0 aliphatic carbocycles. The summed E-state index contributed by atoms with van der Waals surface area (Å²) in [6.07, 6.45) is 1.00. The highest BCUT2D eigenvalue weighted by Gasteiger charge is 2.05. The second kappa shape index (κ2) is 7.82. The molecule has 0 spiro atoms. The third-order valence-corrected chi connectivity index (χ3v) is 2.55. The zero-order chi connectivity index (χ0) is 13.4. The zero-order valence-corrected chi connectivity index (χ0v) is 11.8. The quantitative estimate of drug-likeness (QED) is 0.721. The molecule has 0 radical (unpaired) electrons. The van der Waals surface area contributed by atoms with E-state index in [1.807, 2.05) is 18.2 Å². The summed E-state index contributed by atoms with van der Waals surface area (Å²) < 4.78 is 11.1. The van der Waals surface area contributed by atoms with Gasteiger partial charge in [-0.1, -0.05) is 0 Å². The number of hydrogen-bond donors (Lipinski definition) is 1. The molecule has 0 amide bonds. The van der Waals surface area contributed by atoms with Crippen LogP contribution in [0.2, 0.25) is 0 Å². The minimum Gasteiger partial charge on any atom is -0.493 e. The minimum absolute atomic E-state index is 0.699. The number of hydrogen-bond acceptors (Lipinski definition) is 4. The molecule has 1 aromatic carbocycles. The average Bonchev–Trinajstić information content (AvgIpc) is 2.35. The Labute approximate surface area is 110 Å². The molecule has 4 nitrogen and oxygen atoms in total. The maximum absolute atomic E-state index is 5.77. The Morgan fingerprint density at radius 2 is 2.00 bits per heavy atom. The first-order valence-electron chi connectivity index (χ1n) is 6.36. The van der Waals surface area contributed by atoms with E-state index < -0.39 is 0 Å². The maximum Gasteiger partial charge on any atom is 0.163 e. The van der Waals surface area contributed by atoms with E-state index >= 15 is 0 Å². The van der Waals surface area contributed by atoms with Crippen LogP contribution in [0.5, 0.6) is 11.5 Å². The topological polar surface area (TPSA) is 33.7 Å². The molecule has 0 atom stereocenters. The number of nitrogens with one attached hydrogen (secondary N) is 1. The predicted octanol–water partition coefficient (Wildman–Crippen LogP) is 2.46. The number of methoxy groups -OCH3 is 1. The van der Waals surface area contributed by atoms with Crippen LogP contribution in [-0.4, -0.2) is 45.8 Å². The van der Waals surface area contributed by atoms with Gasteiger partial charge >= 0.3 is 0 Å². The van der Waals surface area contributed by atoms with Crippen molar-refractivity contribution in [2.24, 2.45) is 0 Å². The first-order chi connectivity index (χ1) is 8.67. The van der Waals surface area contributed by atoms with Crippen LogP contribution < -0.4 is 14.8 Å². The van der Waals surface area contributed by atoms with Gasteiger partial charge < -0.3 is 19.7 Å². The van der Waals surface area contributed by atoms with Crippen LogP contribution in [0.4, 0.5) is 5.69 Å². The fourth-order valence-corrected chi connectivity index (χ4v) is 1.67. The maximum atomic E-state index is 5.77. The van der Waals surface area contributed by atoms with Crippen LogP contribution >= 0.6 is 0 Å². The van der Waals surface area contributed by atoms with Gasteiger partial charge in [0.05, 0.1) is 13.7 Å². The molecule has 0 heterocycles. The van der Waals surface area contributed by atoms with Crippen LogP contribution in [0.15, 0.2) is 18.2 Å². The molecular formula is C14H24N2O2. The van der Waals surface area contributed by atoms with Crippen LogP contribution in [0.3, 0.4) is 0 Å². The van der Waals surface area contributed by atoms with Gasteiger partial charge in [0.1, 0.15) is 0 Å². The van der Waals surface area contributed by atoms with Gasteiger partial charge in [0.15, 0.2) is 11.5 Å². The van der Waals surface area contributed by atoms with E-state index in [-0.39, 0.29) is 0 Å². The van der Waals surface area contributed by atoms with Crippen molar-refractivity contribution in [1.29, 1.82) is 0 Å². The summed E-state index contributed by atoms with van der Waals surface area (Å²) in [5.41, 5.74) is 1.06. The molecule has 0 saturated carbocycles. The summed E-state index contributed by atoms with van der Waals surface area (Å²) in [6.45, 7) is 4.69. The lowest BCUT2D eigenvalue weighted by molar-refractivity contribution is 0.268. The minimum atomic E-state index is 0.699. The van der Waals surface area contributed by atoms with E-state index in [0.717, 1.165) is 36.7 Å². The van der Waals surface area contributed by atoms with Gasteiger partial charge in [-0.15, -0.1) is 0 Å². The lowest BCUT2D eigenvalue weighted by Crippen LogP contribution is -2.15. The van der Waals surface area contributed by atoms with Gasteiger partial charge in [-0.2, -0.15) is 0 Å². The van der Waals surface area contributed by atoms with E-state index in [2.05, 4.69) is 31.2 Å². The smallest absolute Gasteiger partial charge is 0.163 e. The van der Waals surface area contributed by atoms with Gasteiger partial charge in [0.25, 0.3) is 0 Å². The number of rotatable bonds is 8. The molecule has 18 heavy (non-hydrogen) atoms.